The number of carbonyl (C=O) groups excluding carboxylic acids is 2. The fraction of sp³-hybridized carbons (Fsp3) is 0.667. The Bertz CT molecular complexity index is 234. The molecular formula is C9H12O4. The summed E-state index contributed by atoms with van der Waals surface area (Å²) in [5, 5.41) is 8.55. The number of aldehydes is 1. The van der Waals surface area contributed by atoms with Gasteiger partial charge in [0.05, 0.1) is 0 Å². The predicted molar refractivity (Wildman–Crippen MR) is 44.2 cm³/mol. The summed E-state index contributed by atoms with van der Waals surface area (Å²) in [6.07, 6.45) is 1.92. The van der Waals surface area contributed by atoms with E-state index in [0.29, 0.717) is 19.1 Å². The highest BCUT2D eigenvalue weighted by atomic mass is 16.4. The van der Waals surface area contributed by atoms with Crippen molar-refractivity contribution >= 4 is 18.0 Å². The first-order chi connectivity index (χ1) is 6.15. The third-order valence-electron chi connectivity index (χ3n) is 2.53. The molecule has 4 heteroatoms. The minimum absolute atomic E-state index is 0.00421. The summed E-state index contributed by atoms with van der Waals surface area (Å²) in [5.41, 5.74) is 0. The molecule has 0 heterocycles. The number of rotatable bonds is 4. The molecule has 1 N–H and O–H groups in total. The second-order valence-corrected chi connectivity index (χ2v) is 3.37. The minimum atomic E-state index is -0.893. The van der Waals surface area contributed by atoms with Crippen LogP contribution < -0.4 is 0 Å². The van der Waals surface area contributed by atoms with Crippen molar-refractivity contribution in [3.63, 3.8) is 0 Å². The smallest absolute Gasteiger partial charge is 0.303 e. The standard InChI is InChI=1S/C9H12O4/c10-4-3-7-6(5-9(12)13)1-2-8(7)11/h4,6-7H,1-3,5H2,(H,12,13). The van der Waals surface area contributed by atoms with Gasteiger partial charge in [0.2, 0.25) is 0 Å². The number of ketones is 1. The molecular weight excluding hydrogens is 172 g/mol. The van der Waals surface area contributed by atoms with Gasteiger partial charge >= 0.3 is 5.97 Å². The van der Waals surface area contributed by atoms with E-state index >= 15 is 0 Å². The molecule has 2 unspecified atom stereocenters. The lowest BCUT2D eigenvalue weighted by Crippen LogP contribution is -2.18. The van der Waals surface area contributed by atoms with Crippen molar-refractivity contribution in [2.45, 2.75) is 25.7 Å². The third kappa shape index (κ3) is 2.37. The van der Waals surface area contributed by atoms with E-state index in [1.165, 1.54) is 0 Å². The van der Waals surface area contributed by atoms with E-state index in [2.05, 4.69) is 0 Å². The average Bonchev–Trinajstić information content (AvgIpc) is 2.35. The van der Waals surface area contributed by atoms with E-state index < -0.39 is 5.97 Å². The Morgan fingerprint density at radius 3 is 2.85 bits per heavy atom. The maximum atomic E-state index is 11.2. The summed E-state index contributed by atoms with van der Waals surface area (Å²) >= 11 is 0. The Kier molecular flexibility index (Phi) is 3.17. The van der Waals surface area contributed by atoms with Crippen LogP contribution in [0.15, 0.2) is 0 Å². The lowest BCUT2D eigenvalue weighted by Gasteiger charge is -2.12. The second kappa shape index (κ2) is 4.16. The van der Waals surface area contributed by atoms with Gasteiger partial charge in [0, 0.05) is 25.2 Å². The van der Waals surface area contributed by atoms with Crippen LogP contribution in [0, 0.1) is 11.8 Å². The summed E-state index contributed by atoms with van der Waals surface area (Å²) in [7, 11) is 0. The van der Waals surface area contributed by atoms with Gasteiger partial charge in [-0.15, -0.1) is 0 Å². The molecule has 0 radical (unpaired) electrons. The lowest BCUT2D eigenvalue weighted by molar-refractivity contribution is -0.138. The van der Waals surface area contributed by atoms with Crippen molar-refractivity contribution in [3.05, 3.63) is 0 Å². The third-order valence-corrected chi connectivity index (χ3v) is 2.53. The van der Waals surface area contributed by atoms with Crippen LogP contribution in [0.5, 0.6) is 0 Å². The molecule has 1 saturated carbocycles. The van der Waals surface area contributed by atoms with E-state index in [0.717, 1.165) is 0 Å². The molecule has 4 nitrogen and oxygen atoms in total. The first-order valence-corrected chi connectivity index (χ1v) is 4.33. The molecule has 1 rings (SSSR count). The molecule has 1 fully saturated rings. The van der Waals surface area contributed by atoms with Crippen LogP contribution in [0.1, 0.15) is 25.7 Å². The zero-order valence-corrected chi connectivity index (χ0v) is 7.23. The molecule has 72 valence electrons. The molecule has 2 atom stereocenters. The topological polar surface area (TPSA) is 71.4 Å². The number of Topliss-reactive ketones (excluding diaryl/α,β-unsaturated/α-hetero) is 1. The minimum Gasteiger partial charge on any atom is -0.481 e. The van der Waals surface area contributed by atoms with Crippen LogP contribution in [0.2, 0.25) is 0 Å². The Balaban J connectivity index is 2.58. The molecule has 0 spiro atoms. The van der Waals surface area contributed by atoms with Gasteiger partial charge in [0.15, 0.2) is 0 Å². The average molecular weight is 184 g/mol. The Morgan fingerprint density at radius 1 is 1.62 bits per heavy atom. The zero-order valence-electron chi connectivity index (χ0n) is 7.23. The van der Waals surface area contributed by atoms with Crippen molar-refractivity contribution < 1.29 is 19.5 Å². The quantitative estimate of drug-likeness (QED) is 0.651. The summed E-state index contributed by atoms with van der Waals surface area (Å²) in [5.74, 6) is -1.32. The van der Waals surface area contributed by atoms with Gasteiger partial charge in [0.1, 0.15) is 12.1 Å². The first-order valence-electron chi connectivity index (χ1n) is 4.33. The highest BCUT2D eigenvalue weighted by Crippen LogP contribution is 2.32. The van der Waals surface area contributed by atoms with Crippen LogP contribution in [0.25, 0.3) is 0 Å². The monoisotopic (exact) mass is 184 g/mol. The number of carboxylic acid groups (broad SMARTS) is 1. The predicted octanol–water partition coefficient (Wildman–Crippen LogP) is 0.645. The summed E-state index contributed by atoms with van der Waals surface area (Å²) in [6.45, 7) is 0. The van der Waals surface area contributed by atoms with Crippen LogP contribution in [0.4, 0.5) is 0 Å². The Hall–Kier alpha value is -1.19. The number of aliphatic carboxylic acids is 1. The largest absolute Gasteiger partial charge is 0.481 e. The molecule has 1 aliphatic rings. The van der Waals surface area contributed by atoms with Crippen LogP contribution in [-0.2, 0) is 14.4 Å². The fourth-order valence-electron chi connectivity index (χ4n) is 1.87. The van der Waals surface area contributed by atoms with Gasteiger partial charge in [-0.2, -0.15) is 0 Å². The molecule has 0 aromatic carbocycles. The molecule has 0 saturated heterocycles. The summed E-state index contributed by atoms with van der Waals surface area (Å²) in [4.78, 5) is 31.9. The van der Waals surface area contributed by atoms with E-state index in [1.807, 2.05) is 0 Å². The number of hydrogen-bond acceptors (Lipinski definition) is 3. The van der Waals surface area contributed by atoms with Gasteiger partial charge in [-0.25, -0.2) is 0 Å². The summed E-state index contributed by atoms with van der Waals surface area (Å²) in [6, 6.07) is 0. The highest BCUT2D eigenvalue weighted by Gasteiger charge is 2.35. The number of hydrogen-bond donors (Lipinski definition) is 1. The number of carbonyl (C=O) groups is 3. The van der Waals surface area contributed by atoms with E-state index in [9.17, 15) is 14.4 Å². The maximum absolute atomic E-state index is 11.2. The van der Waals surface area contributed by atoms with Gasteiger partial charge in [-0.05, 0) is 12.3 Å². The van der Waals surface area contributed by atoms with E-state index in [-0.39, 0.29) is 30.5 Å². The molecule has 1 aliphatic carbocycles. The van der Waals surface area contributed by atoms with Crippen molar-refractivity contribution in [1.82, 2.24) is 0 Å². The van der Waals surface area contributed by atoms with Crippen LogP contribution in [0.3, 0.4) is 0 Å². The molecule has 13 heavy (non-hydrogen) atoms. The van der Waals surface area contributed by atoms with Crippen LogP contribution in [-0.4, -0.2) is 23.1 Å². The molecule has 0 bridgehead atoms. The van der Waals surface area contributed by atoms with Crippen molar-refractivity contribution in [3.8, 4) is 0 Å². The van der Waals surface area contributed by atoms with Crippen molar-refractivity contribution in [2.75, 3.05) is 0 Å². The number of carboxylic acids is 1. The first kappa shape index (κ1) is 9.89. The lowest BCUT2D eigenvalue weighted by atomic mass is 9.90. The van der Waals surface area contributed by atoms with Gasteiger partial charge < -0.3 is 9.90 Å². The van der Waals surface area contributed by atoms with E-state index in [1.54, 1.807) is 0 Å². The molecule has 0 aromatic heterocycles. The molecule has 0 amide bonds. The van der Waals surface area contributed by atoms with Crippen LogP contribution >= 0.6 is 0 Å². The van der Waals surface area contributed by atoms with E-state index in [4.69, 9.17) is 5.11 Å². The van der Waals surface area contributed by atoms with Gasteiger partial charge in [-0.3, -0.25) is 9.59 Å². The van der Waals surface area contributed by atoms with Crippen molar-refractivity contribution in [2.24, 2.45) is 11.8 Å². The SMILES string of the molecule is O=CCC1C(=O)CCC1CC(=O)O. The maximum Gasteiger partial charge on any atom is 0.303 e. The van der Waals surface area contributed by atoms with Gasteiger partial charge in [0.25, 0.3) is 0 Å². The molecule has 0 aliphatic heterocycles. The normalized spacial score (nSPS) is 27.5. The van der Waals surface area contributed by atoms with Crippen molar-refractivity contribution in [1.29, 1.82) is 0 Å². The highest BCUT2D eigenvalue weighted by molar-refractivity contribution is 5.86. The fourth-order valence-corrected chi connectivity index (χ4v) is 1.87. The zero-order chi connectivity index (χ0) is 9.84. The van der Waals surface area contributed by atoms with Gasteiger partial charge in [-0.1, -0.05) is 0 Å². The Labute approximate surface area is 75.9 Å². The second-order valence-electron chi connectivity index (χ2n) is 3.37. The summed E-state index contributed by atoms with van der Waals surface area (Å²) < 4.78 is 0. The Morgan fingerprint density at radius 2 is 2.31 bits per heavy atom. The molecule has 0 aromatic rings.